The Morgan fingerprint density at radius 1 is 1.29 bits per heavy atom. The number of hydrogen-bond donors (Lipinski definition) is 1. The third-order valence-electron chi connectivity index (χ3n) is 2.93. The van der Waals surface area contributed by atoms with Crippen LogP contribution in [0.25, 0.3) is 0 Å². The molecule has 0 radical (unpaired) electrons. The minimum absolute atomic E-state index is 0.530. The summed E-state index contributed by atoms with van der Waals surface area (Å²) in [4.78, 5) is 6.41. The molecule has 1 N–H and O–H groups in total. The first-order valence-corrected chi connectivity index (χ1v) is 7.48. The van der Waals surface area contributed by atoms with Crippen LogP contribution in [0.15, 0.2) is 24.4 Å². The van der Waals surface area contributed by atoms with Crippen LogP contribution in [0.4, 0.5) is 17.5 Å². The highest BCUT2D eigenvalue weighted by Gasteiger charge is 2.07. The van der Waals surface area contributed by atoms with E-state index in [1.807, 2.05) is 11.9 Å². The molecule has 1 heterocycles. The average Bonchev–Trinajstić information content (AvgIpc) is 2.48. The van der Waals surface area contributed by atoms with Crippen molar-refractivity contribution in [3.8, 4) is 0 Å². The molecule has 7 heteroatoms. The minimum Gasteiger partial charge on any atom is -0.343 e. The van der Waals surface area contributed by atoms with E-state index in [0.29, 0.717) is 21.8 Å². The number of anilines is 3. The van der Waals surface area contributed by atoms with Crippen molar-refractivity contribution in [2.24, 2.45) is 0 Å². The second-order valence-corrected chi connectivity index (χ2v) is 5.51. The number of nitrogens with zero attached hydrogens (tertiary/aromatic N) is 4. The van der Waals surface area contributed by atoms with Gasteiger partial charge in [0.1, 0.15) is 0 Å². The first kappa shape index (κ1) is 15.8. The molecule has 1 aromatic heterocycles. The van der Waals surface area contributed by atoms with E-state index in [2.05, 4.69) is 27.4 Å². The van der Waals surface area contributed by atoms with Crippen LogP contribution in [-0.4, -0.2) is 28.8 Å². The summed E-state index contributed by atoms with van der Waals surface area (Å²) in [5, 5.41) is 12.3. The van der Waals surface area contributed by atoms with E-state index in [1.165, 1.54) is 0 Å². The van der Waals surface area contributed by atoms with E-state index in [9.17, 15) is 0 Å². The molecule has 5 nitrogen and oxygen atoms in total. The summed E-state index contributed by atoms with van der Waals surface area (Å²) >= 11 is 12.0. The van der Waals surface area contributed by atoms with E-state index in [4.69, 9.17) is 23.2 Å². The Labute approximate surface area is 134 Å². The zero-order valence-corrected chi connectivity index (χ0v) is 13.5. The molecule has 0 spiro atoms. The predicted molar refractivity (Wildman–Crippen MR) is 87.7 cm³/mol. The van der Waals surface area contributed by atoms with Gasteiger partial charge in [-0.25, -0.2) is 0 Å². The highest BCUT2D eigenvalue weighted by Crippen LogP contribution is 2.27. The summed E-state index contributed by atoms with van der Waals surface area (Å²) in [5.74, 6) is 1.17. The quantitative estimate of drug-likeness (QED) is 0.864. The van der Waals surface area contributed by atoms with Gasteiger partial charge >= 0.3 is 0 Å². The smallest absolute Gasteiger partial charge is 0.247 e. The second-order valence-electron chi connectivity index (χ2n) is 4.67. The van der Waals surface area contributed by atoms with Crippen molar-refractivity contribution in [1.82, 2.24) is 15.2 Å². The van der Waals surface area contributed by atoms with Crippen molar-refractivity contribution in [3.63, 3.8) is 0 Å². The van der Waals surface area contributed by atoms with Crippen LogP contribution < -0.4 is 10.2 Å². The minimum atomic E-state index is 0.530. The largest absolute Gasteiger partial charge is 0.343 e. The molecule has 1 aromatic carbocycles. The molecule has 21 heavy (non-hydrogen) atoms. The molecule has 0 atom stereocenters. The Bertz CT molecular complexity index is 606. The first-order chi connectivity index (χ1) is 10.1. The van der Waals surface area contributed by atoms with E-state index in [0.717, 1.165) is 25.1 Å². The molecule has 0 aliphatic rings. The Kier molecular flexibility index (Phi) is 5.59. The number of aromatic nitrogens is 3. The summed E-state index contributed by atoms with van der Waals surface area (Å²) in [7, 11) is 1.95. The molecule has 0 bridgehead atoms. The molecule has 2 rings (SSSR count). The molecule has 0 saturated carbocycles. The monoisotopic (exact) mass is 325 g/mol. The van der Waals surface area contributed by atoms with Crippen molar-refractivity contribution >= 4 is 40.7 Å². The van der Waals surface area contributed by atoms with Gasteiger partial charge in [-0.05, 0) is 24.6 Å². The molecule has 0 saturated heterocycles. The number of benzene rings is 1. The lowest BCUT2D eigenvalue weighted by atomic mass is 10.3. The van der Waals surface area contributed by atoms with Crippen LogP contribution in [0.3, 0.4) is 0 Å². The molecular formula is C14H17Cl2N5. The SMILES string of the molecule is CCCCN(C)c1nncc(Nc2ccc(Cl)cc2Cl)n1. The number of hydrogen-bond acceptors (Lipinski definition) is 5. The van der Waals surface area contributed by atoms with Crippen LogP contribution in [0.2, 0.25) is 10.0 Å². The number of unbranched alkanes of at least 4 members (excludes halogenated alkanes) is 1. The highest BCUT2D eigenvalue weighted by molar-refractivity contribution is 6.36. The molecule has 2 aromatic rings. The fourth-order valence-corrected chi connectivity index (χ4v) is 2.20. The van der Waals surface area contributed by atoms with Crippen molar-refractivity contribution in [3.05, 3.63) is 34.4 Å². The lowest BCUT2D eigenvalue weighted by Crippen LogP contribution is -2.21. The van der Waals surface area contributed by atoms with Gasteiger partial charge in [0.2, 0.25) is 5.95 Å². The molecule has 0 unspecified atom stereocenters. The maximum absolute atomic E-state index is 6.13. The standard InChI is InChI=1S/C14H17Cl2N5/c1-3-4-7-21(2)14-19-13(9-17-20-14)18-12-6-5-10(15)8-11(12)16/h5-6,8-9H,3-4,7H2,1-2H3,(H,18,19,20). The van der Waals surface area contributed by atoms with E-state index < -0.39 is 0 Å². The summed E-state index contributed by atoms with van der Waals surface area (Å²) in [6.07, 6.45) is 3.76. The van der Waals surface area contributed by atoms with Gasteiger partial charge in [-0.1, -0.05) is 36.5 Å². The highest BCUT2D eigenvalue weighted by atomic mass is 35.5. The summed E-state index contributed by atoms with van der Waals surface area (Å²) < 4.78 is 0. The summed E-state index contributed by atoms with van der Waals surface area (Å²) in [6.45, 7) is 3.04. The lowest BCUT2D eigenvalue weighted by molar-refractivity contribution is 0.741. The molecular weight excluding hydrogens is 309 g/mol. The predicted octanol–water partition coefficient (Wildman–Crippen LogP) is 4.16. The third-order valence-corrected chi connectivity index (χ3v) is 3.48. The molecule has 0 fully saturated rings. The lowest BCUT2D eigenvalue weighted by Gasteiger charge is -2.16. The topological polar surface area (TPSA) is 53.9 Å². The van der Waals surface area contributed by atoms with Gasteiger partial charge < -0.3 is 10.2 Å². The Morgan fingerprint density at radius 3 is 2.81 bits per heavy atom. The van der Waals surface area contributed by atoms with Gasteiger partial charge in [0.15, 0.2) is 5.82 Å². The number of rotatable bonds is 6. The summed E-state index contributed by atoms with van der Waals surface area (Å²) in [5.41, 5.74) is 0.726. The van der Waals surface area contributed by atoms with Crippen LogP contribution in [0.1, 0.15) is 19.8 Å². The number of nitrogens with one attached hydrogen (secondary N) is 1. The second kappa shape index (κ2) is 7.43. The van der Waals surface area contributed by atoms with Crippen molar-refractivity contribution in [1.29, 1.82) is 0 Å². The fourth-order valence-electron chi connectivity index (χ4n) is 1.74. The van der Waals surface area contributed by atoms with Crippen molar-refractivity contribution in [2.45, 2.75) is 19.8 Å². The average molecular weight is 326 g/mol. The third kappa shape index (κ3) is 4.44. The van der Waals surface area contributed by atoms with Gasteiger partial charge in [0.05, 0.1) is 16.9 Å². The van der Waals surface area contributed by atoms with Crippen molar-refractivity contribution in [2.75, 3.05) is 23.8 Å². The Morgan fingerprint density at radius 2 is 2.10 bits per heavy atom. The van der Waals surface area contributed by atoms with E-state index >= 15 is 0 Å². The zero-order chi connectivity index (χ0) is 15.2. The maximum atomic E-state index is 6.13. The van der Waals surface area contributed by atoms with Crippen LogP contribution in [0.5, 0.6) is 0 Å². The molecule has 0 aliphatic heterocycles. The van der Waals surface area contributed by atoms with Crippen LogP contribution >= 0.6 is 23.2 Å². The maximum Gasteiger partial charge on any atom is 0.247 e. The Hall–Kier alpha value is -1.59. The normalized spacial score (nSPS) is 10.5. The number of halogens is 2. The molecule has 112 valence electrons. The van der Waals surface area contributed by atoms with E-state index in [1.54, 1.807) is 24.4 Å². The first-order valence-electron chi connectivity index (χ1n) is 6.73. The molecule has 0 amide bonds. The van der Waals surface area contributed by atoms with Gasteiger partial charge in [-0.2, -0.15) is 10.1 Å². The van der Waals surface area contributed by atoms with Gasteiger partial charge in [-0.3, -0.25) is 0 Å². The van der Waals surface area contributed by atoms with Crippen LogP contribution in [0, 0.1) is 0 Å². The summed E-state index contributed by atoms with van der Waals surface area (Å²) in [6, 6.07) is 5.24. The van der Waals surface area contributed by atoms with E-state index in [-0.39, 0.29) is 0 Å². The fraction of sp³-hybridized carbons (Fsp3) is 0.357. The Balaban J connectivity index is 2.13. The van der Waals surface area contributed by atoms with Gasteiger partial charge in [0.25, 0.3) is 0 Å². The van der Waals surface area contributed by atoms with Crippen LogP contribution in [-0.2, 0) is 0 Å². The molecule has 0 aliphatic carbocycles. The zero-order valence-electron chi connectivity index (χ0n) is 12.0. The van der Waals surface area contributed by atoms with Crippen molar-refractivity contribution < 1.29 is 0 Å². The van der Waals surface area contributed by atoms with Gasteiger partial charge in [0, 0.05) is 18.6 Å². The van der Waals surface area contributed by atoms with Gasteiger partial charge in [-0.15, -0.1) is 5.10 Å².